The van der Waals surface area contributed by atoms with E-state index in [1.54, 1.807) is 43.6 Å². The molecular formula is C28H24Cl2CoN16S4. The zero-order chi connectivity index (χ0) is 35.7. The predicted octanol–water partition coefficient (Wildman–Crippen LogP) is 5.49. The first-order valence-corrected chi connectivity index (χ1v) is 19.2. The summed E-state index contributed by atoms with van der Waals surface area (Å²) < 4.78 is 7.69. The van der Waals surface area contributed by atoms with Gasteiger partial charge in [0.1, 0.15) is 0 Å². The molecule has 4 aromatic heterocycles. The number of aryl methyl sites for hydroxylation is 4. The Morgan fingerprint density at radius 3 is 0.882 bits per heavy atom. The third-order valence-electron chi connectivity index (χ3n) is 7.26. The molecule has 0 radical (unpaired) electrons. The molecule has 0 saturated heterocycles. The fourth-order valence-electron chi connectivity index (χ4n) is 4.84. The molecule has 0 amide bonds. The van der Waals surface area contributed by atoms with Crippen molar-refractivity contribution in [2.75, 3.05) is 0 Å². The van der Waals surface area contributed by atoms with E-state index >= 15 is 0 Å². The van der Waals surface area contributed by atoms with Crippen molar-refractivity contribution < 1.29 is 12.9 Å². The second-order valence-electron chi connectivity index (χ2n) is 10.3. The summed E-state index contributed by atoms with van der Waals surface area (Å²) in [6.45, 7) is 0. The summed E-state index contributed by atoms with van der Waals surface area (Å²) >= 11 is 22.3. The Kier molecular flexibility index (Phi) is 12.3. The minimum absolute atomic E-state index is 0.347. The Morgan fingerprint density at radius 2 is 0.667 bits per heavy atom. The van der Waals surface area contributed by atoms with Gasteiger partial charge < -0.3 is 0 Å². The SMILES string of the molecule is S=c1[nH]nc2n1/N=C/c1ccccc1/C=N/n1c(n[nH]c1=S)CCc1n[nH]c(=S)n1/N=C/c1ccccc1/C=N/n1c(n[nH]c1=S)CC2.[Cl][Co][Cl]. The van der Waals surface area contributed by atoms with Gasteiger partial charge in [-0.2, -0.15) is 59.5 Å². The molecule has 0 saturated carbocycles. The first kappa shape index (κ1) is 36.4. The van der Waals surface area contributed by atoms with Gasteiger partial charge >= 0.3 is 33.2 Å². The quantitative estimate of drug-likeness (QED) is 0.145. The van der Waals surface area contributed by atoms with E-state index in [4.69, 9.17) is 69.2 Å². The van der Waals surface area contributed by atoms with Gasteiger partial charge in [-0.05, 0) is 48.9 Å². The number of benzene rings is 2. The standard InChI is InChI=1S/C28H24N16S4.2ClH.Co/c45-25-37-33-21-9-10-23-35-39-27(47)43(23)31-15-19-7-3-4-8-20(19)16-32-44-24(36-40-28(44)48)12-11-22-34-38-26(46)42(22)30-14-18-6-2-1-5-17(18)13-29-41(21)25;;;/h1-8,13-16H,9-12H2,(H,37,45)(H,38,46)(H,39,47)(H,40,48);2*1H;/q;;;+2/p-2/b29-13+,30-14+,31-15+,32-16+;;;. The van der Waals surface area contributed by atoms with E-state index in [-0.39, 0.29) is 0 Å². The summed E-state index contributed by atoms with van der Waals surface area (Å²) in [4.78, 5) is 0. The summed E-state index contributed by atoms with van der Waals surface area (Å²) in [6.07, 6.45) is 8.58. The van der Waals surface area contributed by atoms with Crippen LogP contribution in [0, 0.1) is 19.1 Å². The molecule has 5 heterocycles. The Labute approximate surface area is 323 Å². The van der Waals surface area contributed by atoms with E-state index in [1.807, 2.05) is 48.5 Å². The summed E-state index contributed by atoms with van der Waals surface area (Å²) in [5, 5.41) is 47.5. The van der Waals surface area contributed by atoms with Crippen LogP contribution in [0.3, 0.4) is 0 Å². The number of aromatic nitrogens is 12. The molecule has 4 N–H and O–H groups in total. The van der Waals surface area contributed by atoms with Gasteiger partial charge in [0.05, 0.1) is 24.9 Å². The first-order chi connectivity index (χ1) is 24.9. The van der Waals surface area contributed by atoms with Gasteiger partial charge in [-0.3, -0.25) is 20.4 Å². The van der Waals surface area contributed by atoms with Crippen LogP contribution < -0.4 is 0 Å². The molecule has 0 fully saturated rings. The van der Waals surface area contributed by atoms with Crippen molar-refractivity contribution in [1.29, 1.82) is 0 Å². The van der Waals surface area contributed by atoms with E-state index in [1.165, 1.54) is 0 Å². The van der Waals surface area contributed by atoms with Crippen LogP contribution in [-0.4, -0.2) is 84.4 Å². The van der Waals surface area contributed by atoms with Crippen molar-refractivity contribution in [3.63, 3.8) is 0 Å². The molecule has 2 aromatic carbocycles. The third kappa shape index (κ3) is 8.76. The summed E-state index contributed by atoms with van der Waals surface area (Å²) in [7, 11) is 9.47. The number of aromatic amines is 4. The predicted molar refractivity (Wildman–Crippen MR) is 201 cm³/mol. The Hall–Kier alpha value is -4.35. The van der Waals surface area contributed by atoms with Gasteiger partial charge in [-0.25, -0.2) is 0 Å². The number of hydrogen-bond donors (Lipinski definition) is 4. The van der Waals surface area contributed by atoms with Crippen molar-refractivity contribution in [3.05, 3.63) is 113 Å². The van der Waals surface area contributed by atoms with Crippen molar-refractivity contribution in [2.24, 2.45) is 20.4 Å². The molecule has 0 unspecified atom stereocenters. The van der Waals surface area contributed by atoms with Crippen molar-refractivity contribution in [1.82, 2.24) is 59.5 Å². The molecule has 16 nitrogen and oxygen atoms in total. The van der Waals surface area contributed by atoms with E-state index in [2.05, 4.69) is 61.2 Å². The zero-order valence-electron chi connectivity index (χ0n) is 25.8. The topological polar surface area (TPSA) is 184 Å². The number of halogens is 2. The molecule has 0 aliphatic carbocycles. The van der Waals surface area contributed by atoms with Crippen LogP contribution in [0.2, 0.25) is 0 Å². The van der Waals surface area contributed by atoms with Crippen LogP contribution in [0.4, 0.5) is 0 Å². The Balaban J connectivity index is 0.00000144. The normalized spacial score (nSPS) is 15.6. The molecule has 0 bridgehead atoms. The molecule has 1 aliphatic rings. The maximum absolute atomic E-state index is 5.49. The molecule has 263 valence electrons. The van der Waals surface area contributed by atoms with Gasteiger partial charge in [-0.15, -0.1) is 0 Å². The van der Waals surface area contributed by atoms with Gasteiger partial charge in [0, 0.05) is 47.9 Å². The van der Waals surface area contributed by atoms with E-state index in [0.717, 1.165) is 22.3 Å². The van der Waals surface area contributed by atoms with E-state index < -0.39 is 0 Å². The van der Waals surface area contributed by atoms with Crippen LogP contribution >= 0.6 is 69.2 Å². The molecular weight excluding hydrogens is 819 g/mol. The molecule has 7 rings (SSSR count). The first-order valence-electron chi connectivity index (χ1n) is 14.7. The molecule has 23 heteroatoms. The molecule has 51 heavy (non-hydrogen) atoms. The van der Waals surface area contributed by atoms with Gasteiger partial charge in [0.2, 0.25) is 19.1 Å². The third-order valence-corrected chi connectivity index (χ3v) is 8.31. The van der Waals surface area contributed by atoms with E-state index in [0.29, 0.717) is 81.0 Å². The molecule has 0 spiro atoms. The molecule has 1 aliphatic heterocycles. The van der Waals surface area contributed by atoms with E-state index in [9.17, 15) is 0 Å². The second kappa shape index (κ2) is 17.2. The average molecular weight is 843 g/mol. The summed E-state index contributed by atoms with van der Waals surface area (Å²) in [5.74, 6) is 2.42. The number of nitrogens with zero attached hydrogens (tertiary/aromatic N) is 12. The second-order valence-corrected chi connectivity index (χ2v) is 13.6. The molecule has 0 atom stereocenters. The van der Waals surface area contributed by atoms with Crippen LogP contribution in [0.25, 0.3) is 0 Å². The fraction of sp³-hybridized carbons (Fsp3) is 0.143. The molecule has 6 aromatic rings. The Morgan fingerprint density at radius 1 is 0.451 bits per heavy atom. The number of H-pyrrole nitrogens is 4. The van der Waals surface area contributed by atoms with Crippen LogP contribution in [0.1, 0.15) is 45.6 Å². The minimum atomic E-state index is 0.347. The summed E-state index contributed by atoms with van der Waals surface area (Å²) in [5.41, 5.74) is 3.19. The number of fused-ring (bicyclic) bond motifs is 6. The van der Waals surface area contributed by atoms with Crippen LogP contribution in [0.15, 0.2) is 68.9 Å². The van der Waals surface area contributed by atoms with Crippen LogP contribution in [-0.2, 0) is 38.6 Å². The van der Waals surface area contributed by atoms with Gasteiger partial charge in [-0.1, -0.05) is 48.5 Å². The Bertz CT molecular complexity index is 2170. The summed E-state index contributed by atoms with van der Waals surface area (Å²) in [6, 6.07) is 15.3. The van der Waals surface area contributed by atoms with Crippen LogP contribution in [0.5, 0.6) is 0 Å². The maximum atomic E-state index is 5.49. The van der Waals surface area contributed by atoms with Crippen molar-refractivity contribution in [3.8, 4) is 0 Å². The number of hydrogen-bond acceptors (Lipinski definition) is 12. The average Bonchev–Trinajstić information content (AvgIpc) is 3.88. The zero-order valence-corrected chi connectivity index (χ0v) is 31.7. The van der Waals surface area contributed by atoms with Gasteiger partial charge in [0.15, 0.2) is 23.3 Å². The monoisotopic (exact) mass is 841 g/mol. The number of rotatable bonds is 0. The van der Waals surface area contributed by atoms with Crippen molar-refractivity contribution >= 4 is 94.0 Å². The fourth-order valence-corrected chi connectivity index (χ4v) is 5.63. The van der Waals surface area contributed by atoms with Crippen molar-refractivity contribution in [2.45, 2.75) is 25.7 Å². The van der Waals surface area contributed by atoms with Gasteiger partial charge in [0.25, 0.3) is 0 Å². The number of nitrogens with one attached hydrogen (secondary N) is 4.